The quantitative estimate of drug-likeness (QED) is 0.381. The van der Waals surface area contributed by atoms with Crippen molar-refractivity contribution in [3.05, 3.63) is 47.0 Å². The molecule has 166 valence electrons. The number of thiophene rings is 1. The van der Waals surface area contributed by atoms with Crippen molar-refractivity contribution in [3.63, 3.8) is 0 Å². The number of hydrogen-bond donors (Lipinski definition) is 3. The number of nitriles is 1. The van der Waals surface area contributed by atoms with Gasteiger partial charge < -0.3 is 16.2 Å². The molecule has 0 spiro atoms. The highest BCUT2D eigenvalue weighted by atomic mass is 32.1. The minimum atomic E-state index is -0.475. The molecule has 1 amide bonds. The van der Waals surface area contributed by atoms with Crippen LogP contribution in [0.25, 0.3) is 21.3 Å². The average Bonchev–Trinajstić information content (AvgIpc) is 3.43. The lowest BCUT2D eigenvalue weighted by Crippen LogP contribution is -2.62. The molecule has 4 aromatic rings. The number of pyridine rings is 1. The highest BCUT2D eigenvalue weighted by Gasteiger charge is 2.27. The van der Waals surface area contributed by atoms with Crippen LogP contribution in [0.3, 0.4) is 0 Å². The topological polar surface area (TPSA) is 160 Å². The molecule has 1 aliphatic heterocycles. The number of rotatable bonds is 4. The number of hydrogen-bond acceptors (Lipinski definition) is 10. The Bertz CT molecular complexity index is 1390. The summed E-state index contributed by atoms with van der Waals surface area (Å²) in [6.07, 6.45) is 1.58. The second-order valence-corrected chi connectivity index (χ2v) is 8.26. The van der Waals surface area contributed by atoms with Gasteiger partial charge in [0.2, 0.25) is 5.27 Å². The van der Waals surface area contributed by atoms with Crippen LogP contribution in [0.5, 0.6) is 0 Å². The third kappa shape index (κ3) is 3.69. The van der Waals surface area contributed by atoms with Gasteiger partial charge in [-0.15, -0.1) is 16.3 Å². The summed E-state index contributed by atoms with van der Waals surface area (Å²) in [5.41, 5.74) is 14.2. The second-order valence-electron chi connectivity index (χ2n) is 7.26. The van der Waals surface area contributed by atoms with Gasteiger partial charge in [0.1, 0.15) is 27.2 Å². The van der Waals surface area contributed by atoms with Gasteiger partial charge in [0, 0.05) is 10.9 Å². The van der Waals surface area contributed by atoms with Crippen LogP contribution in [-0.2, 0) is 4.74 Å². The third-order valence-electron chi connectivity index (χ3n) is 5.25. The monoisotopic (exact) mass is 463 g/mol. The van der Waals surface area contributed by atoms with Gasteiger partial charge in [-0.05, 0) is 5.56 Å². The summed E-state index contributed by atoms with van der Waals surface area (Å²) in [5, 5.41) is 18.8. The maximum atomic E-state index is 13.0. The Balaban J connectivity index is 1.52. The molecule has 0 bridgehead atoms. The first-order valence-electron chi connectivity index (χ1n) is 10.1. The van der Waals surface area contributed by atoms with E-state index in [2.05, 4.69) is 21.6 Å². The Labute approximate surface area is 191 Å². The van der Waals surface area contributed by atoms with Crippen LogP contribution < -0.4 is 26.6 Å². The fourth-order valence-electron chi connectivity index (χ4n) is 3.70. The molecule has 0 radical (unpaired) electrons. The Hall–Kier alpha value is -4.21. The molecule has 0 saturated carbocycles. The maximum absolute atomic E-state index is 13.0. The highest BCUT2D eigenvalue weighted by molar-refractivity contribution is 7.21. The minimum absolute atomic E-state index is 0.0823. The molecule has 1 fully saturated rings. The van der Waals surface area contributed by atoms with Crippen LogP contribution in [0.2, 0.25) is 0 Å². The Morgan fingerprint density at radius 2 is 2.00 bits per heavy atom. The number of fused-ring (bicyclic) bond motifs is 1. The fraction of sp³-hybridized carbons (Fsp3) is 0.190. The molecule has 1 aromatic carbocycles. The van der Waals surface area contributed by atoms with Crippen LogP contribution in [0, 0.1) is 11.3 Å². The zero-order valence-electron chi connectivity index (χ0n) is 17.3. The fourth-order valence-corrected chi connectivity index (χ4v) is 4.71. The predicted octanol–water partition coefficient (Wildman–Crippen LogP) is 1.50. The van der Waals surface area contributed by atoms with E-state index in [0.29, 0.717) is 42.1 Å². The SMILES string of the molecule is N#Cc1c(N)nc2sc(C(=O)Nc3c[n+](N4CCOCC4)no3)c(N)c2c1-c1ccccc1. The van der Waals surface area contributed by atoms with Crippen molar-refractivity contribution < 1.29 is 18.8 Å². The number of amides is 1. The van der Waals surface area contributed by atoms with Crippen LogP contribution in [0.4, 0.5) is 17.4 Å². The number of nitrogens with two attached hydrogens (primary N) is 2. The molecule has 0 atom stereocenters. The number of morpholine rings is 1. The van der Waals surface area contributed by atoms with Crippen molar-refractivity contribution in [1.82, 2.24) is 10.3 Å². The van der Waals surface area contributed by atoms with E-state index in [1.807, 2.05) is 35.3 Å². The Morgan fingerprint density at radius 3 is 2.73 bits per heavy atom. The predicted molar refractivity (Wildman–Crippen MR) is 122 cm³/mol. The van der Waals surface area contributed by atoms with E-state index >= 15 is 0 Å². The number of nitrogen functional groups attached to an aromatic ring is 2. The lowest BCUT2D eigenvalue weighted by atomic mass is 9.97. The van der Waals surface area contributed by atoms with Crippen LogP contribution >= 0.6 is 11.3 Å². The first-order valence-corrected chi connectivity index (χ1v) is 10.9. The summed E-state index contributed by atoms with van der Waals surface area (Å²) < 4.78 is 10.6. The van der Waals surface area contributed by atoms with E-state index in [-0.39, 0.29) is 27.8 Å². The van der Waals surface area contributed by atoms with Crippen molar-refractivity contribution in [3.8, 4) is 17.2 Å². The van der Waals surface area contributed by atoms with E-state index in [1.54, 1.807) is 6.20 Å². The molecule has 0 unspecified atom stereocenters. The number of carbonyl (C=O) groups is 1. The first kappa shape index (κ1) is 20.7. The van der Waals surface area contributed by atoms with Gasteiger partial charge in [-0.3, -0.25) is 14.6 Å². The number of benzene rings is 1. The van der Waals surface area contributed by atoms with Gasteiger partial charge in [-0.1, -0.05) is 30.3 Å². The van der Waals surface area contributed by atoms with E-state index in [9.17, 15) is 10.1 Å². The number of nitrogens with one attached hydrogen (secondary N) is 1. The number of aromatic nitrogens is 3. The second kappa shape index (κ2) is 8.38. The number of carbonyl (C=O) groups excluding carboxylic acids is 1. The molecular formula is C21H19N8O3S+. The number of nitrogens with zero attached hydrogens (tertiary/aromatic N) is 5. The highest BCUT2D eigenvalue weighted by Crippen LogP contribution is 2.42. The zero-order valence-corrected chi connectivity index (χ0v) is 18.1. The molecule has 12 heteroatoms. The maximum Gasteiger partial charge on any atom is 0.306 e. The molecule has 4 heterocycles. The molecule has 33 heavy (non-hydrogen) atoms. The van der Waals surface area contributed by atoms with Crippen molar-refractivity contribution in [2.24, 2.45) is 0 Å². The normalized spacial score (nSPS) is 13.7. The van der Waals surface area contributed by atoms with Gasteiger partial charge in [-0.2, -0.15) is 5.26 Å². The van der Waals surface area contributed by atoms with Crippen molar-refractivity contribution in [2.45, 2.75) is 0 Å². The van der Waals surface area contributed by atoms with E-state index in [0.717, 1.165) is 16.9 Å². The van der Waals surface area contributed by atoms with Gasteiger partial charge in [0.05, 0.1) is 36.8 Å². The van der Waals surface area contributed by atoms with Gasteiger partial charge in [-0.25, -0.2) is 4.98 Å². The summed E-state index contributed by atoms with van der Waals surface area (Å²) in [5.74, 6) is -0.229. The summed E-state index contributed by atoms with van der Waals surface area (Å²) in [6.45, 7) is 2.49. The van der Waals surface area contributed by atoms with Gasteiger partial charge in [0.15, 0.2) is 0 Å². The number of ether oxygens (including phenoxy) is 1. The Morgan fingerprint density at radius 1 is 1.24 bits per heavy atom. The lowest BCUT2D eigenvalue weighted by Gasteiger charge is -2.18. The summed E-state index contributed by atoms with van der Waals surface area (Å²) in [4.78, 5) is 19.6. The Kier molecular flexibility index (Phi) is 5.25. The summed E-state index contributed by atoms with van der Waals surface area (Å²) >= 11 is 1.09. The van der Waals surface area contributed by atoms with Crippen molar-refractivity contribution in [2.75, 3.05) is 48.1 Å². The summed E-state index contributed by atoms with van der Waals surface area (Å²) in [6, 6.07) is 11.4. The molecule has 5 N–H and O–H groups in total. The molecule has 11 nitrogen and oxygen atoms in total. The van der Waals surface area contributed by atoms with Crippen molar-refractivity contribution >= 4 is 44.9 Å². The third-order valence-corrected chi connectivity index (χ3v) is 6.35. The lowest BCUT2D eigenvalue weighted by molar-refractivity contribution is -0.759. The minimum Gasteiger partial charge on any atom is -0.397 e. The molecule has 0 aliphatic carbocycles. The number of anilines is 3. The molecule has 3 aromatic heterocycles. The standard InChI is InChI=1S/C21H18N8O3S/c22-10-13-15(12-4-2-1-3-5-12)16-17(23)18(33-21(16)26-19(13)24)20(30)25-14-11-29(27-32-14)28-6-8-31-9-7-28/h1-5,11H,6-9H2,(H4-,23,24,25,26,27,30)/p+1. The first-order chi connectivity index (χ1) is 16.1. The largest absolute Gasteiger partial charge is 0.397 e. The van der Waals surface area contributed by atoms with Crippen molar-refractivity contribution in [1.29, 1.82) is 5.26 Å². The van der Waals surface area contributed by atoms with E-state index in [4.69, 9.17) is 20.7 Å². The molecule has 1 saturated heterocycles. The van der Waals surface area contributed by atoms with E-state index in [1.165, 1.54) is 4.79 Å². The zero-order chi connectivity index (χ0) is 22.9. The van der Waals surface area contributed by atoms with E-state index < -0.39 is 5.91 Å². The van der Waals surface area contributed by atoms with Crippen LogP contribution in [0.1, 0.15) is 15.2 Å². The average molecular weight is 464 g/mol. The summed E-state index contributed by atoms with van der Waals surface area (Å²) in [7, 11) is 0. The van der Waals surface area contributed by atoms with Gasteiger partial charge >= 0.3 is 5.88 Å². The van der Waals surface area contributed by atoms with Gasteiger partial charge in [0.25, 0.3) is 12.1 Å². The molecule has 1 aliphatic rings. The van der Waals surface area contributed by atoms with Crippen LogP contribution in [0.15, 0.2) is 41.1 Å². The smallest absolute Gasteiger partial charge is 0.306 e. The molecule has 5 rings (SSSR count). The van der Waals surface area contributed by atoms with Crippen LogP contribution in [-0.4, -0.2) is 42.5 Å². The molecular weight excluding hydrogens is 444 g/mol.